The predicted molar refractivity (Wildman–Crippen MR) is 130 cm³/mol. The van der Waals surface area contributed by atoms with E-state index in [0.717, 1.165) is 65.3 Å². The summed E-state index contributed by atoms with van der Waals surface area (Å²) in [5, 5.41) is 4.25. The van der Waals surface area contributed by atoms with Crippen LogP contribution in [0.2, 0.25) is 0 Å². The number of pyridine rings is 2. The predicted octanol–water partition coefficient (Wildman–Crippen LogP) is 2.35. The Morgan fingerprint density at radius 2 is 1.97 bits per heavy atom. The first kappa shape index (κ1) is 20.7. The maximum Gasteiger partial charge on any atom is 0.229 e. The Morgan fingerprint density at radius 3 is 2.76 bits per heavy atom. The summed E-state index contributed by atoms with van der Waals surface area (Å²) in [6.45, 7) is 4.01. The monoisotopic (exact) mass is 439 g/mol. The van der Waals surface area contributed by atoms with E-state index in [2.05, 4.69) is 53.1 Å². The summed E-state index contributed by atoms with van der Waals surface area (Å²) in [5.41, 5.74) is 4.42. The lowest BCUT2D eigenvalue weighted by Crippen LogP contribution is -2.44. The van der Waals surface area contributed by atoms with Crippen molar-refractivity contribution in [3.05, 3.63) is 54.5 Å². The standard InChI is InChI=1S/C24H25N9/c1-4-25-21-6-5-17(16-32(21)3)19-14-27-23-20(19)15-28-24(30-23)29-18-7-8-26-22(13-18)33-11-9-31(2)10-12-33/h1,5-8,13-16H,9-12H2,2-3H3,(H2,26,27,28,29,30)/b25-21-. The molecule has 2 N–H and O–H groups in total. The zero-order chi connectivity index (χ0) is 22.8. The molecule has 5 rings (SSSR count). The summed E-state index contributed by atoms with van der Waals surface area (Å²) in [6.07, 6.45) is 12.9. The SMILES string of the molecule is C#C/N=c1/ccc(-c2c[nH]c3nc(Nc4ccnc(N5CCN(C)CC5)c4)ncc23)cn1C. The molecule has 0 radical (unpaired) electrons. The molecule has 4 aromatic rings. The van der Waals surface area contributed by atoms with Crippen LogP contribution in [0.5, 0.6) is 0 Å². The zero-order valence-electron chi connectivity index (χ0n) is 18.7. The Morgan fingerprint density at radius 1 is 1.12 bits per heavy atom. The van der Waals surface area contributed by atoms with Crippen molar-refractivity contribution in [1.82, 2.24) is 29.4 Å². The molecule has 0 spiro atoms. The average Bonchev–Trinajstić information content (AvgIpc) is 3.24. The van der Waals surface area contributed by atoms with E-state index in [-0.39, 0.29) is 0 Å². The van der Waals surface area contributed by atoms with Crippen LogP contribution in [-0.4, -0.2) is 62.6 Å². The van der Waals surface area contributed by atoms with Crippen molar-refractivity contribution < 1.29 is 0 Å². The van der Waals surface area contributed by atoms with Gasteiger partial charge in [0.05, 0.1) is 0 Å². The molecule has 0 bridgehead atoms. The van der Waals surface area contributed by atoms with Crippen LogP contribution in [0.25, 0.3) is 22.2 Å². The van der Waals surface area contributed by atoms with Crippen molar-refractivity contribution in [3.8, 4) is 23.6 Å². The van der Waals surface area contributed by atoms with Gasteiger partial charge in [-0.1, -0.05) is 6.42 Å². The van der Waals surface area contributed by atoms with Crippen LogP contribution in [0.3, 0.4) is 0 Å². The molecule has 0 aliphatic carbocycles. The van der Waals surface area contributed by atoms with Crippen LogP contribution in [0.4, 0.5) is 17.5 Å². The summed E-state index contributed by atoms with van der Waals surface area (Å²) >= 11 is 0. The van der Waals surface area contributed by atoms with Gasteiger partial charge in [0, 0.05) is 92.3 Å². The minimum absolute atomic E-state index is 0.528. The van der Waals surface area contributed by atoms with Gasteiger partial charge in [-0.25, -0.2) is 9.97 Å². The Balaban J connectivity index is 1.38. The molecule has 0 aromatic carbocycles. The molecule has 4 aromatic heterocycles. The number of hydrogen-bond donors (Lipinski definition) is 2. The Hall–Kier alpha value is -4.16. The van der Waals surface area contributed by atoms with E-state index in [9.17, 15) is 0 Å². The van der Waals surface area contributed by atoms with Crippen LogP contribution in [0.1, 0.15) is 0 Å². The van der Waals surface area contributed by atoms with Gasteiger partial charge in [0.15, 0.2) is 0 Å². The van der Waals surface area contributed by atoms with Crippen molar-refractivity contribution in [2.24, 2.45) is 12.0 Å². The van der Waals surface area contributed by atoms with Gasteiger partial charge in [-0.15, -0.1) is 0 Å². The third kappa shape index (κ3) is 4.29. The summed E-state index contributed by atoms with van der Waals surface area (Å²) in [4.78, 5) is 25.7. The Bertz CT molecular complexity index is 1400. The second-order valence-corrected chi connectivity index (χ2v) is 8.10. The fraction of sp³-hybridized carbons (Fsp3) is 0.250. The maximum atomic E-state index is 5.29. The first-order chi connectivity index (χ1) is 16.1. The molecule has 5 heterocycles. The molecule has 9 nitrogen and oxygen atoms in total. The fourth-order valence-electron chi connectivity index (χ4n) is 3.98. The average molecular weight is 440 g/mol. The van der Waals surface area contributed by atoms with E-state index in [0.29, 0.717) is 5.95 Å². The highest BCUT2D eigenvalue weighted by Crippen LogP contribution is 2.28. The van der Waals surface area contributed by atoms with Gasteiger partial charge >= 0.3 is 0 Å². The van der Waals surface area contributed by atoms with Gasteiger partial charge in [-0.2, -0.15) is 9.98 Å². The van der Waals surface area contributed by atoms with Crippen LogP contribution < -0.4 is 15.7 Å². The number of H-pyrrole nitrogens is 1. The number of terminal acetylenes is 1. The summed E-state index contributed by atoms with van der Waals surface area (Å²) in [7, 11) is 4.06. The van der Waals surface area contributed by atoms with Gasteiger partial charge < -0.3 is 24.7 Å². The maximum absolute atomic E-state index is 5.29. The second-order valence-electron chi connectivity index (χ2n) is 8.10. The molecule has 0 saturated carbocycles. The van der Waals surface area contributed by atoms with Gasteiger partial charge in [-0.05, 0) is 25.2 Å². The molecule has 33 heavy (non-hydrogen) atoms. The topological polar surface area (TPSA) is 90.3 Å². The van der Waals surface area contributed by atoms with Crippen molar-refractivity contribution in [3.63, 3.8) is 0 Å². The number of nitrogens with one attached hydrogen (secondary N) is 2. The highest BCUT2D eigenvalue weighted by atomic mass is 15.3. The van der Waals surface area contributed by atoms with Crippen molar-refractivity contribution >= 4 is 28.5 Å². The van der Waals surface area contributed by atoms with E-state index >= 15 is 0 Å². The number of anilines is 3. The molecule has 0 amide bonds. The highest BCUT2D eigenvalue weighted by Gasteiger charge is 2.16. The number of aryl methyl sites for hydroxylation is 1. The lowest BCUT2D eigenvalue weighted by atomic mass is 10.1. The van der Waals surface area contributed by atoms with Gasteiger partial charge in [-0.3, -0.25) is 0 Å². The molecule has 1 fully saturated rings. The number of aromatic amines is 1. The summed E-state index contributed by atoms with van der Waals surface area (Å²) < 4.78 is 1.90. The van der Waals surface area contributed by atoms with E-state index in [1.165, 1.54) is 0 Å². The first-order valence-corrected chi connectivity index (χ1v) is 10.8. The summed E-state index contributed by atoms with van der Waals surface area (Å²) in [5.74, 6) is 1.49. The Labute approximate surface area is 191 Å². The lowest BCUT2D eigenvalue weighted by Gasteiger charge is -2.33. The van der Waals surface area contributed by atoms with Gasteiger partial charge in [0.2, 0.25) is 5.95 Å². The van der Waals surface area contributed by atoms with Gasteiger partial charge in [0.1, 0.15) is 17.0 Å². The third-order valence-corrected chi connectivity index (χ3v) is 5.86. The van der Waals surface area contributed by atoms with Crippen molar-refractivity contribution in [2.75, 3.05) is 43.4 Å². The largest absolute Gasteiger partial charge is 0.354 e. The van der Waals surface area contributed by atoms with Crippen molar-refractivity contribution in [2.45, 2.75) is 0 Å². The van der Waals surface area contributed by atoms with Crippen molar-refractivity contribution in [1.29, 1.82) is 0 Å². The quantitative estimate of drug-likeness (QED) is 0.475. The molecule has 1 aliphatic heterocycles. The summed E-state index contributed by atoms with van der Waals surface area (Å²) in [6, 6.07) is 10.2. The molecule has 0 unspecified atom stereocenters. The molecule has 1 aliphatic rings. The van der Waals surface area contributed by atoms with E-state index < -0.39 is 0 Å². The number of hydrogen-bond acceptors (Lipinski definition) is 7. The van der Waals surface area contributed by atoms with E-state index in [4.69, 9.17) is 6.42 Å². The van der Waals surface area contributed by atoms with Crippen LogP contribution >= 0.6 is 0 Å². The number of fused-ring (bicyclic) bond motifs is 1. The number of aromatic nitrogens is 5. The second kappa shape index (κ2) is 8.76. The molecular formula is C24H25N9. The van der Waals surface area contributed by atoms with Crippen LogP contribution in [0.15, 0.2) is 54.0 Å². The Kier molecular flexibility index (Phi) is 5.50. The fourth-order valence-corrected chi connectivity index (χ4v) is 3.98. The lowest BCUT2D eigenvalue weighted by molar-refractivity contribution is 0.312. The molecular weight excluding hydrogens is 414 g/mol. The van der Waals surface area contributed by atoms with Crippen LogP contribution in [-0.2, 0) is 7.05 Å². The smallest absolute Gasteiger partial charge is 0.229 e. The van der Waals surface area contributed by atoms with Crippen LogP contribution in [0, 0.1) is 12.5 Å². The third-order valence-electron chi connectivity index (χ3n) is 5.86. The normalized spacial score (nSPS) is 15.1. The van der Waals surface area contributed by atoms with Gasteiger partial charge in [0.25, 0.3) is 0 Å². The molecule has 166 valence electrons. The first-order valence-electron chi connectivity index (χ1n) is 10.8. The number of likely N-dealkylation sites (N-methyl/N-ethyl adjacent to an activating group) is 1. The zero-order valence-corrected chi connectivity index (χ0v) is 18.7. The highest BCUT2D eigenvalue weighted by molar-refractivity contribution is 5.93. The number of piperazine rings is 1. The molecule has 0 atom stereocenters. The molecule has 1 saturated heterocycles. The minimum atomic E-state index is 0.528. The number of nitrogens with zero attached hydrogens (tertiary/aromatic N) is 7. The van der Waals surface area contributed by atoms with E-state index in [1.807, 2.05) is 60.7 Å². The molecule has 9 heteroatoms. The number of rotatable bonds is 4. The van der Waals surface area contributed by atoms with E-state index in [1.54, 1.807) is 0 Å². The minimum Gasteiger partial charge on any atom is -0.354 e.